The maximum atomic E-state index is 5.44. The van der Waals surface area contributed by atoms with Crippen molar-refractivity contribution in [2.24, 2.45) is 0 Å². The van der Waals surface area contributed by atoms with Crippen molar-refractivity contribution < 1.29 is 4.74 Å². The van der Waals surface area contributed by atoms with E-state index in [-0.39, 0.29) is 0 Å². The minimum Gasteiger partial charge on any atom is -0.496 e. The molecule has 0 saturated heterocycles. The summed E-state index contributed by atoms with van der Waals surface area (Å²) in [7, 11) is 1.66. The molecule has 0 fully saturated rings. The molecule has 0 aliphatic rings. The number of rotatable bonds is 4. The molecule has 6 heteroatoms. The number of H-pyrrole nitrogens is 1. The molecule has 0 amide bonds. The SMILES string of the molecule is COc1ccccc1-c1c(Nc2cncnc2)n[nH]c1C. The predicted molar refractivity (Wildman–Crippen MR) is 80.6 cm³/mol. The molecule has 0 atom stereocenters. The third-order valence-electron chi connectivity index (χ3n) is 3.15. The number of ether oxygens (including phenoxy) is 1. The smallest absolute Gasteiger partial charge is 0.160 e. The summed E-state index contributed by atoms with van der Waals surface area (Å²) >= 11 is 0. The molecule has 2 N–H and O–H groups in total. The fourth-order valence-electron chi connectivity index (χ4n) is 2.20. The Kier molecular flexibility index (Phi) is 3.51. The molecule has 0 aliphatic heterocycles. The second kappa shape index (κ2) is 5.62. The van der Waals surface area contributed by atoms with Gasteiger partial charge in [-0.1, -0.05) is 18.2 Å². The van der Waals surface area contributed by atoms with Gasteiger partial charge in [0.25, 0.3) is 0 Å². The Labute approximate surface area is 122 Å². The van der Waals surface area contributed by atoms with Gasteiger partial charge in [-0.15, -0.1) is 0 Å². The third kappa shape index (κ3) is 2.55. The van der Waals surface area contributed by atoms with Crippen molar-refractivity contribution in [3.63, 3.8) is 0 Å². The average Bonchev–Trinajstić information content (AvgIpc) is 2.89. The summed E-state index contributed by atoms with van der Waals surface area (Å²) in [5.74, 6) is 1.51. The fourth-order valence-corrected chi connectivity index (χ4v) is 2.20. The van der Waals surface area contributed by atoms with Gasteiger partial charge in [-0.05, 0) is 13.0 Å². The van der Waals surface area contributed by atoms with E-state index in [1.54, 1.807) is 19.5 Å². The molecule has 3 aromatic rings. The van der Waals surface area contributed by atoms with E-state index in [0.717, 1.165) is 28.3 Å². The summed E-state index contributed by atoms with van der Waals surface area (Å²) in [5.41, 5.74) is 3.68. The zero-order valence-corrected chi connectivity index (χ0v) is 11.8. The minimum absolute atomic E-state index is 0.715. The Morgan fingerprint density at radius 3 is 2.67 bits per heavy atom. The summed E-state index contributed by atoms with van der Waals surface area (Å²) in [4.78, 5) is 7.97. The second-order valence-electron chi connectivity index (χ2n) is 4.52. The van der Waals surface area contributed by atoms with Crippen molar-refractivity contribution in [2.75, 3.05) is 12.4 Å². The quantitative estimate of drug-likeness (QED) is 0.769. The molecule has 106 valence electrons. The van der Waals surface area contributed by atoms with Crippen molar-refractivity contribution in [1.29, 1.82) is 0 Å². The zero-order valence-electron chi connectivity index (χ0n) is 11.8. The van der Waals surface area contributed by atoms with Crippen LogP contribution in [-0.4, -0.2) is 27.3 Å². The number of hydrogen-bond donors (Lipinski definition) is 2. The van der Waals surface area contributed by atoms with Crippen LogP contribution in [0.4, 0.5) is 11.5 Å². The first-order chi connectivity index (χ1) is 10.3. The summed E-state index contributed by atoms with van der Waals surface area (Å²) in [5, 5.41) is 10.5. The van der Waals surface area contributed by atoms with E-state index in [1.807, 2.05) is 31.2 Å². The van der Waals surface area contributed by atoms with Crippen LogP contribution < -0.4 is 10.1 Å². The van der Waals surface area contributed by atoms with Crippen molar-refractivity contribution in [1.82, 2.24) is 20.2 Å². The molecule has 0 bridgehead atoms. The van der Waals surface area contributed by atoms with E-state index in [2.05, 4.69) is 25.5 Å². The van der Waals surface area contributed by atoms with Gasteiger partial charge in [0.15, 0.2) is 5.82 Å². The second-order valence-corrected chi connectivity index (χ2v) is 4.52. The number of nitrogens with zero attached hydrogens (tertiary/aromatic N) is 3. The number of anilines is 2. The fraction of sp³-hybridized carbons (Fsp3) is 0.133. The van der Waals surface area contributed by atoms with Crippen LogP contribution >= 0.6 is 0 Å². The first-order valence-corrected chi connectivity index (χ1v) is 6.50. The van der Waals surface area contributed by atoms with Crippen LogP contribution in [0.3, 0.4) is 0 Å². The highest BCUT2D eigenvalue weighted by molar-refractivity contribution is 5.83. The highest BCUT2D eigenvalue weighted by atomic mass is 16.5. The molecule has 2 aromatic heterocycles. The first kappa shape index (κ1) is 13.1. The van der Waals surface area contributed by atoms with Crippen LogP contribution in [0.1, 0.15) is 5.69 Å². The molecule has 0 spiro atoms. The Morgan fingerprint density at radius 1 is 1.14 bits per heavy atom. The average molecular weight is 281 g/mol. The van der Waals surface area contributed by atoms with E-state index in [1.165, 1.54) is 6.33 Å². The molecule has 1 aromatic carbocycles. The van der Waals surface area contributed by atoms with E-state index >= 15 is 0 Å². The van der Waals surface area contributed by atoms with Gasteiger partial charge >= 0.3 is 0 Å². The summed E-state index contributed by atoms with van der Waals surface area (Å²) in [6.45, 7) is 1.97. The molecule has 6 nitrogen and oxygen atoms in total. The largest absolute Gasteiger partial charge is 0.496 e. The van der Waals surface area contributed by atoms with Gasteiger partial charge in [-0.2, -0.15) is 5.10 Å². The summed E-state index contributed by atoms with van der Waals surface area (Å²) in [6.07, 6.45) is 4.88. The predicted octanol–water partition coefficient (Wildman–Crippen LogP) is 2.93. The number of nitrogens with one attached hydrogen (secondary N) is 2. The number of aromatic nitrogens is 4. The number of methoxy groups -OCH3 is 1. The molecule has 3 rings (SSSR count). The highest BCUT2D eigenvalue weighted by Gasteiger charge is 2.16. The monoisotopic (exact) mass is 281 g/mol. The van der Waals surface area contributed by atoms with Gasteiger partial charge in [-0.25, -0.2) is 9.97 Å². The van der Waals surface area contributed by atoms with Gasteiger partial charge in [0.1, 0.15) is 12.1 Å². The van der Waals surface area contributed by atoms with E-state index in [9.17, 15) is 0 Å². The van der Waals surface area contributed by atoms with Gasteiger partial charge in [-0.3, -0.25) is 5.10 Å². The van der Waals surface area contributed by atoms with Gasteiger partial charge in [0.05, 0.1) is 30.8 Å². The zero-order chi connectivity index (χ0) is 14.7. The number of aryl methyl sites for hydroxylation is 1. The molecule has 2 heterocycles. The lowest BCUT2D eigenvalue weighted by Gasteiger charge is -2.10. The van der Waals surface area contributed by atoms with E-state index in [4.69, 9.17) is 4.74 Å². The van der Waals surface area contributed by atoms with E-state index < -0.39 is 0 Å². The van der Waals surface area contributed by atoms with Crippen molar-refractivity contribution in [2.45, 2.75) is 6.92 Å². The molecule has 0 saturated carbocycles. The van der Waals surface area contributed by atoms with Gasteiger partial charge in [0, 0.05) is 11.3 Å². The lowest BCUT2D eigenvalue weighted by atomic mass is 10.0. The van der Waals surface area contributed by atoms with Crippen LogP contribution in [0.25, 0.3) is 11.1 Å². The Bertz CT molecular complexity index is 739. The van der Waals surface area contributed by atoms with Crippen molar-refractivity contribution >= 4 is 11.5 Å². The topological polar surface area (TPSA) is 75.7 Å². The Hall–Kier alpha value is -2.89. The van der Waals surface area contributed by atoms with Crippen molar-refractivity contribution in [3.05, 3.63) is 48.7 Å². The summed E-state index contributed by atoms with van der Waals surface area (Å²) < 4.78 is 5.44. The normalized spacial score (nSPS) is 10.4. The summed E-state index contributed by atoms with van der Waals surface area (Å²) in [6, 6.07) is 7.84. The Morgan fingerprint density at radius 2 is 1.90 bits per heavy atom. The van der Waals surface area contributed by atoms with Gasteiger partial charge in [0.2, 0.25) is 0 Å². The molecule has 0 radical (unpaired) electrons. The van der Waals surface area contributed by atoms with E-state index in [0.29, 0.717) is 5.82 Å². The van der Waals surface area contributed by atoms with Crippen LogP contribution in [0.2, 0.25) is 0 Å². The lowest BCUT2D eigenvalue weighted by Crippen LogP contribution is -1.95. The number of benzene rings is 1. The van der Waals surface area contributed by atoms with Crippen LogP contribution in [0, 0.1) is 6.92 Å². The van der Waals surface area contributed by atoms with Gasteiger partial charge < -0.3 is 10.1 Å². The van der Waals surface area contributed by atoms with Crippen LogP contribution in [-0.2, 0) is 0 Å². The molecule has 0 unspecified atom stereocenters. The number of para-hydroxylation sites is 1. The molecular formula is C15H15N5O. The highest BCUT2D eigenvalue weighted by Crippen LogP contribution is 2.36. The maximum absolute atomic E-state index is 5.44. The minimum atomic E-state index is 0.715. The molecule has 21 heavy (non-hydrogen) atoms. The third-order valence-corrected chi connectivity index (χ3v) is 3.15. The maximum Gasteiger partial charge on any atom is 0.160 e. The first-order valence-electron chi connectivity index (χ1n) is 6.50. The molecular weight excluding hydrogens is 266 g/mol. The van der Waals surface area contributed by atoms with Crippen molar-refractivity contribution in [3.8, 4) is 16.9 Å². The Balaban J connectivity index is 2.05. The lowest BCUT2D eigenvalue weighted by molar-refractivity contribution is 0.416. The molecule has 0 aliphatic carbocycles. The standard InChI is InChI=1S/C15H15N5O/c1-10-14(12-5-3-4-6-13(12)21-2)15(20-19-10)18-11-7-16-9-17-8-11/h3-9H,1-2H3,(H2,18,19,20). The van der Waals surface area contributed by atoms with Crippen LogP contribution in [0.5, 0.6) is 5.75 Å². The number of hydrogen-bond acceptors (Lipinski definition) is 5. The van der Waals surface area contributed by atoms with Crippen LogP contribution in [0.15, 0.2) is 43.0 Å². The number of aromatic amines is 1.